The third kappa shape index (κ3) is 1.47. The summed E-state index contributed by atoms with van der Waals surface area (Å²) in [6, 6.07) is 17.7. The van der Waals surface area contributed by atoms with Gasteiger partial charge in [0, 0.05) is 11.3 Å². The van der Waals surface area contributed by atoms with Crippen LogP contribution in [0, 0.1) is 5.92 Å². The quantitative estimate of drug-likeness (QED) is 0.820. The van der Waals surface area contributed by atoms with Crippen molar-refractivity contribution >= 4 is 17.5 Å². The summed E-state index contributed by atoms with van der Waals surface area (Å²) in [5, 5.41) is 2.93. The molecule has 2 unspecified atom stereocenters. The van der Waals surface area contributed by atoms with Gasteiger partial charge in [0.2, 0.25) is 11.8 Å². The molecule has 1 fully saturated rings. The van der Waals surface area contributed by atoms with Gasteiger partial charge >= 0.3 is 0 Å². The first-order valence-electron chi connectivity index (χ1n) is 7.42. The van der Waals surface area contributed by atoms with E-state index in [1.165, 1.54) is 0 Å². The van der Waals surface area contributed by atoms with E-state index in [0.29, 0.717) is 0 Å². The third-order valence-corrected chi connectivity index (χ3v) is 4.82. The highest BCUT2D eigenvalue weighted by Crippen LogP contribution is 2.53. The molecule has 110 valence electrons. The number of amides is 2. The number of anilines is 1. The smallest absolute Gasteiger partial charge is 0.244 e. The van der Waals surface area contributed by atoms with Crippen molar-refractivity contribution in [1.82, 2.24) is 4.90 Å². The summed E-state index contributed by atoms with van der Waals surface area (Å²) < 4.78 is 0. The SMILES string of the molecule is CC1C(=O)N2CC(=O)Nc3ccccc3C12c1ccccc1. The van der Waals surface area contributed by atoms with E-state index in [9.17, 15) is 9.59 Å². The average Bonchev–Trinajstić information content (AvgIpc) is 2.67. The number of carbonyl (C=O) groups excluding carboxylic acids is 2. The van der Waals surface area contributed by atoms with Gasteiger partial charge in [-0.3, -0.25) is 9.59 Å². The molecule has 2 heterocycles. The first-order valence-corrected chi connectivity index (χ1v) is 7.42. The number of rotatable bonds is 1. The second-order valence-corrected chi connectivity index (χ2v) is 5.87. The van der Waals surface area contributed by atoms with Crippen LogP contribution in [-0.4, -0.2) is 23.3 Å². The first kappa shape index (κ1) is 13.1. The normalized spacial score (nSPS) is 26.4. The number of hydrogen-bond acceptors (Lipinski definition) is 2. The molecule has 2 aliphatic rings. The van der Waals surface area contributed by atoms with E-state index in [-0.39, 0.29) is 24.3 Å². The molecule has 2 aromatic rings. The van der Waals surface area contributed by atoms with E-state index < -0.39 is 5.54 Å². The molecule has 2 aliphatic heterocycles. The van der Waals surface area contributed by atoms with E-state index in [0.717, 1.165) is 16.8 Å². The molecule has 4 rings (SSSR count). The topological polar surface area (TPSA) is 49.4 Å². The van der Waals surface area contributed by atoms with Gasteiger partial charge in [-0.2, -0.15) is 0 Å². The van der Waals surface area contributed by atoms with Crippen molar-refractivity contribution in [3.05, 3.63) is 65.7 Å². The van der Waals surface area contributed by atoms with E-state index in [4.69, 9.17) is 0 Å². The Balaban J connectivity index is 2.03. The zero-order valence-electron chi connectivity index (χ0n) is 12.2. The Morgan fingerprint density at radius 2 is 1.73 bits per heavy atom. The highest BCUT2D eigenvalue weighted by atomic mass is 16.2. The maximum atomic E-state index is 12.4. The molecule has 2 aromatic carbocycles. The fraction of sp³-hybridized carbons (Fsp3) is 0.222. The summed E-state index contributed by atoms with van der Waals surface area (Å²) in [4.78, 5) is 26.3. The molecule has 4 nitrogen and oxygen atoms in total. The second kappa shape index (κ2) is 4.44. The zero-order chi connectivity index (χ0) is 15.3. The molecule has 0 saturated carbocycles. The van der Waals surface area contributed by atoms with Crippen LogP contribution in [0.2, 0.25) is 0 Å². The van der Waals surface area contributed by atoms with E-state index in [1.807, 2.05) is 61.5 Å². The minimum absolute atomic E-state index is 0.0238. The number of para-hydroxylation sites is 1. The zero-order valence-corrected chi connectivity index (χ0v) is 12.2. The lowest BCUT2D eigenvalue weighted by Crippen LogP contribution is -2.68. The lowest BCUT2D eigenvalue weighted by atomic mass is 9.65. The van der Waals surface area contributed by atoms with Crippen molar-refractivity contribution < 1.29 is 9.59 Å². The van der Waals surface area contributed by atoms with Crippen LogP contribution in [0.15, 0.2) is 54.6 Å². The lowest BCUT2D eigenvalue weighted by Gasteiger charge is -2.56. The molecule has 0 aromatic heterocycles. The Hall–Kier alpha value is -2.62. The van der Waals surface area contributed by atoms with Crippen LogP contribution >= 0.6 is 0 Å². The maximum Gasteiger partial charge on any atom is 0.244 e. The average molecular weight is 292 g/mol. The molecule has 0 bridgehead atoms. The standard InChI is InChI=1S/C18H16N2O2/c1-12-17(22)20-11-16(21)19-15-10-6-5-9-14(15)18(12,20)13-7-3-2-4-8-13/h2-10,12H,11H2,1H3,(H,19,21). The summed E-state index contributed by atoms with van der Waals surface area (Å²) in [6.45, 7) is 2.03. The monoisotopic (exact) mass is 292 g/mol. The summed E-state index contributed by atoms with van der Waals surface area (Å²) in [5.41, 5.74) is 2.26. The summed E-state index contributed by atoms with van der Waals surface area (Å²) >= 11 is 0. The van der Waals surface area contributed by atoms with Gasteiger partial charge in [-0.15, -0.1) is 0 Å². The number of nitrogens with one attached hydrogen (secondary N) is 1. The Morgan fingerprint density at radius 3 is 2.50 bits per heavy atom. The van der Waals surface area contributed by atoms with Gasteiger partial charge in [-0.25, -0.2) is 0 Å². The molecule has 4 heteroatoms. The van der Waals surface area contributed by atoms with Gasteiger partial charge in [-0.1, -0.05) is 55.5 Å². The third-order valence-electron chi connectivity index (χ3n) is 4.82. The van der Waals surface area contributed by atoms with Crippen molar-refractivity contribution in [2.45, 2.75) is 12.5 Å². The molecular formula is C18H16N2O2. The molecule has 1 N–H and O–H groups in total. The number of benzene rings is 2. The number of fused-ring (bicyclic) bond motifs is 3. The van der Waals surface area contributed by atoms with Crippen LogP contribution < -0.4 is 5.32 Å². The number of β-lactam (4-membered cyclic amide) rings is 1. The van der Waals surface area contributed by atoms with E-state index >= 15 is 0 Å². The van der Waals surface area contributed by atoms with Crippen molar-refractivity contribution in [2.24, 2.45) is 5.92 Å². The van der Waals surface area contributed by atoms with Crippen molar-refractivity contribution in [3.63, 3.8) is 0 Å². The van der Waals surface area contributed by atoms with Crippen molar-refractivity contribution in [1.29, 1.82) is 0 Å². The largest absolute Gasteiger partial charge is 0.324 e. The number of carbonyl (C=O) groups is 2. The van der Waals surface area contributed by atoms with Gasteiger partial charge < -0.3 is 10.2 Å². The van der Waals surface area contributed by atoms with Crippen LogP contribution in [0.25, 0.3) is 0 Å². The molecule has 2 atom stereocenters. The minimum Gasteiger partial charge on any atom is -0.324 e. The highest BCUT2D eigenvalue weighted by molar-refractivity contribution is 6.01. The fourth-order valence-corrected chi connectivity index (χ4v) is 3.85. The maximum absolute atomic E-state index is 12.4. The van der Waals surface area contributed by atoms with E-state index in [2.05, 4.69) is 5.32 Å². The molecule has 2 amide bonds. The Morgan fingerprint density at radius 1 is 1.05 bits per heavy atom. The Bertz CT molecular complexity index is 772. The summed E-state index contributed by atoms with van der Waals surface area (Å²) in [7, 11) is 0. The van der Waals surface area contributed by atoms with Gasteiger partial charge in [0.15, 0.2) is 0 Å². The van der Waals surface area contributed by atoms with Crippen LogP contribution in [0.4, 0.5) is 5.69 Å². The molecule has 1 saturated heterocycles. The molecule has 22 heavy (non-hydrogen) atoms. The lowest BCUT2D eigenvalue weighted by molar-refractivity contribution is -0.167. The number of nitrogens with zero attached hydrogens (tertiary/aromatic N) is 1. The van der Waals surface area contributed by atoms with Crippen LogP contribution in [0.3, 0.4) is 0 Å². The Kier molecular flexibility index (Phi) is 2.64. The van der Waals surface area contributed by atoms with Crippen molar-refractivity contribution in [2.75, 3.05) is 11.9 Å². The highest BCUT2D eigenvalue weighted by Gasteiger charge is 2.61. The molecule has 0 aliphatic carbocycles. The van der Waals surface area contributed by atoms with Crippen molar-refractivity contribution in [3.8, 4) is 0 Å². The predicted octanol–water partition coefficient (Wildman–Crippen LogP) is 2.36. The molecule has 0 radical (unpaired) electrons. The van der Waals surface area contributed by atoms with Gasteiger partial charge in [0.05, 0.1) is 5.92 Å². The Labute approximate surface area is 128 Å². The van der Waals surface area contributed by atoms with Crippen LogP contribution in [0.5, 0.6) is 0 Å². The van der Waals surface area contributed by atoms with Crippen LogP contribution in [-0.2, 0) is 15.1 Å². The van der Waals surface area contributed by atoms with Gasteiger partial charge in [0.1, 0.15) is 12.1 Å². The van der Waals surface area contributed by atoms with Gasteiger partial charge in [0.25, 0.3) is 0 Å². The molecular weight excluding hydrogens is 276 g/mol. The van der Waals surface area contributed by atoms with Crippen LogP contribution in [0.1, 0.15) is 18.1 Å². The second-order valence-electron chi connectivity index (χ2n) is 5.87. The number of hydrogen-bond donors (Lipinski definition) is 1. The minimum atomic E-state index is -0.561. The van der Waals surface area contributed by atoms with E-state index in [1.54, 1.807) is 4.90 Å². The summed E-state index contributed by atoms with van der Waals surface area (Å²) in [6.07, 6.45) is 0. The predicted molar refractivity (Wildman–Crippen MR) is 83.2 cm³/mol. The summed E-state index contributed by atoms with van der Waals surface area (Å²) in [5.74, 6) is -0.315. The molecule has 0 spiro atoms. The van der Waals surface area contributed by atoms with Gasteiger partial charge in [-0.05, 0) is 11.6 Å². The first-order chi connectivity index (χ1) is 10.7. The fourth-order valence-electron chi connectivity index (χ4n) is 3.85.